The lowest BCUT2D eigenvalue weighted by Gasteiger charge is -2.35. The Bertz CT molecular complexity index is 1390. The van der Waals surface area contributed by atoms with Gasteiger partial charge in [-0.2, -0.15) is 0 Å². The Hall–Kier alpha value is -4.07. The third-order valence-electron chi connectivity index (χ3n) is 5.81. The maximum Gasteiger partial charge on any atom is 0.249 e. The number of hydrogen-bond donors (Lipinski definition) is 1. The van der Waals surface area contributed by atoms with Crippen molar-refractivity contribution < 1.29 is 14.0 Å². The van der Waals surface area contributed by atoms with Gasteiger partial charge in [0.05, 0.1) is 5.52 Å². The summed E-state index contributed by atoms with van der Waals surface area (Å²) in [5.74, 6) is -1.45. The van der Waals surface area contributed by atoms with Gasteiger partial charge >= 0.3 is 0 Å². The molecule has 0 bridgehead atoms. The summed E-state index contributed by atoms with van der Waals surface area (Å²) >= 11 is 0. The van der Waals surface area contributed by atoms with Crippen LogP contribution in [0, 0.1) is 5.82 Å². The first-order valence-corrected chi connectivity index (χ1v) is 11.9. The molecule has 1 heterocycles. The number of nitrogens with one attached hydrogen (secondary N) is 1. The maximum absolute atomic E-state index is 15.2. The molecule has 0 aliphatic carbocycles. The molecule has 0 saturated carbocycles. The van der Waals surface area contributed by atoms with E-state index in [1.165, 1.54) is 15.6 Å². The Kier molecular flexibility index (Phi) is 7.15. The standard InChI is InChI=1S/C28H30FN5O2/c1-5-19-12-6-10-16-23(19)34(25(35)18-33-24-17-11-9-15-22(24)31-32-33)26(27(36)30-28(2,3)4)20-13-7-8-14-21(20)29/h6-17,26H,5,18H2,1-4H3,(H,30,36)/t26-/m1/s1. The number of benzene rings is 3. The van der Waals surface area contributed by atoms with Crippen LogP contribution in [-0.4, -0.2) is 32.3 Å². The summed E-state index contributed by atoms with van der Waals surface area (Å²) in [4.78, 5) is 29.2. The summed E-state index contributed by atoms with van der Waals surface area (Å²) in [7, 11) is 0. The Morgan fingerprint density at radius 1 is 1.00 bits per heavy atom. The van der Waals surface area contributed by atoms with Gasteiger partial charge in [0.2, 0.25) is 11.8 Å². The SMILES string of the molecule is CCc1ccccc1N(C(=O)Cn1nnc2ccccc21)[C@@H](C(=O)NC(C)(C)C)c1ccccc1F. The van der Waals surface area contributed by atoms with E-state index < -0.39 is 29.2 Å². The monoisotopic (exact) mass is 487 g/mol. The van der Waals surface area contributed by atoms with E-state index in [0.29, 0.717) is 23.1 Å². The molecular weight excluding hydrogens is 457 g/mol. The number of fused-ring (bicyclic) bond motifs is 1. The molecule has 0 radical (unpaired) electrons. The molecule has 1 atom stereocenters. The fraction of sp³-hybridized carbons (Fsp3) is 0.286. The van der Waals surface area contributed by atoms with Gasteiger partial charge in [0.25, 0.3) is 0 Å². The second-order valence-electron chi connectivity index (χ2n) is 9.65. The highest BCUT2D eigenvalue weighted by Gasteiger charge is 2.37. The lowest BCUT2D eigenvalue weighted by molar-refractivity contribution is -0.128. The predicted octanol–water partition coefficient (Wildman–Crippen LogP) is 4.82. The van der Waals surface area contributed by atoms with Crippen LogP contribution in [0.25, 0.3) is 11.0 Å². The van der Waals surface area contributed by atoms with Crippen molar-refractivity contribution in [2.75, 3.05) is 4.90 Å². The number of anilines is 1. The van der Waals surface area contributed by atoms with E-state index >= 15 is 4.39 Å². The van der Waals surface area contributed by atoms with Gasteiger partial charge in [-0.25, -0.2) is 9.07 Å². The number of hydrogen-bond acceptors (Lipinski definition) is 4. The van der Waals surface area contributed by atoms with Crippen molar-refractivity contribution in [2.45, 2.75) is 52.2 Å². The van der Waals surface area contributed by atoms with Gasteiger partial charge in [-0.05, 0) is 57.0 Å². The van der Waals surface area contributed by atoms with Crippen LogP contribution in [-0.2, 0) is 22.6 Å². The molecule has 4 aromatic rings. The van der Waals surface area contributed by atoms with E-state index in [-0.39, 0.29) is 12.1 Å². The number of nitrogens with zero attached hydrogens (tertiary/aromatic N) is 4. The van der Waals surface area contributed by atoms with Crippen molar-refractivity contribution in [3.63, 3.8) is 0 Å². The van der Waals surface area contributed by atoms with Crippen molar-refractivity contribution in [1.82, 2.24) is 20.3 Å². The topological polar surface area (TPSA) is 80.1 Å². The van der Waals surface area contributed by atoms with Crippen LogP contribution in [0.1, 0.15) is 44.9 Å². The van der Waals surface area contributed by atoms with Crippen LogP contribution in [0.2, 0.25) is 0 Å². The first-order valence-electron chi connectivity index (χ1n) is 11.9. The van der Waals surface area contributed by atoms with E-state index in [1.54, 1.807) is 30.3 Å². The number of aromatic nitrogens is 3. The van der Waals surface area contributed by atoms with E-state index in [2.05, 4.69) is 15.6 Å². The van der Waals surface area contributed by atoms with Gasteiger partial charge in [0.1, 0.15) is 23.9 Å². The lowest BCUT2D eigenvalue weighted by Crippen LogP contribution is -2.50. The third-order valence-corrected chi connectivity index (χ3v) is 5.81. The van der Waals surface area contributed by atoms with Crippen molar-refractivity contribution in [1.29, 1.82) is 0 Å². The van der Waals surface area contributed by atoms with Crippen LogP contribution < -0.4 is 10.2 Å². The second kappa shape index (κ2) is 10.3. The number of halogens is 1. The predicted molar refractivity (Wildman–Crippen MR) is 138 cm³/mol. The molecule has 3 aromatic carbocycles. The summed E-state index contributed by atoms with van der Waals surface area (Å²) in [6.45, 7) is 7.33. The normalized spacial score (nSPS) is 12.4. The van der Waals surface area contributed by atoms with E-state index in [4.69, 9.17) is 0 Å². The van der Waals surface area contributed by atoms with Gasteiger partial charge in [0.15, 0.2) is 0 Å². The van der Waals surface area contributed by atoms with Gasteiger partial charge in [0, 0.05) is 16.8 Å². The van der Waals surface area contributed by atoms with Crippen LogP contribution in [0.5, 0.6) is 0 Å². The maximum atomic E-state index is 15.2. The van der Waals surface area contributed by atoms with Gasteiger partial charge in [-0.3, -0.25) is 14.5 Å². The van der Waals surface area contributed by atoms with Crippen LogP contribution >= 0.6 is 0 Å². The molecule has 0 aliphatic rings. The molecule has 36 heavy (non-hydrogen) atoms. The summed E-state index contributed by atoms with van der Waals surface area (Å²) < 4.78 is 16.7. The number of carbonyl (C=O) groups excluding carboxylic acids is 2. The minimum Gasteiger partial charge on any atom is -0.349 e. The Labute approximate surface area is 209 Å². The second-order valence-corrected chi connectivity index (χ2v) is 9.65. The average Bonchev–Trinajstić information content (AvgIpc) is 3.24. The summed E-state index contributed by atoms with van der Waals surface area (Å²) in [6.07, 6.45) is 0.622. The number of amides is 2. The lowest BCUT2D eigenvalue weighted by atomic mass is 9.98. The third kappa shape index (κ3) is 5.27. The molecule has 0 saturated heterocycles. The van der Waals surface area contributed by atoms with Gasteiger partial charge in [-0.1, -0.05) is 60.7 Å². The van der Waals surface area contributed by atoms with Crippen molar-refractivity contribution in [3.8, 4) is 0 Å². The zero-order chi connectivity index (χ0) is 25.9. The number of carbonyl (C=O) groups is 2. The van der Waals surface area contributed by atoms with Gasteiger partial charge in [-0.15, -0.1) is 5.10 Å². The summed E-state index contributed by atoms with van der Waals surface area (Å²) in [6, 6.07) is 19.5. The van der Waals surface area contributed by atoms with Crippen LogP contribution in [0.4, 0.5) is 10.1 Å². The van der Waals surface area contributed by atoms with Crippen molar-refractivity contribution >= 4 is 28.5 Å². The molecular formula is C28H30FN5O2. The van der Waals surface area contributed by atoms with E-state index in [9.17, 15) is 9.59 Å². The van der Waals surface area contributed by atoms with Gasteiger partial charge < -0.3 is 5.32 Å². The van der Waals surface area contributed by atoms with Crippen molar-refractivity contribution in [2.24, 2.45) is 0 Å². The fourth-order valence-electron chi connectivity index (χ4n) is 4.23. The molecule has 2 amide bonds. The van der Waals surface area contributed by atoms with Crippen LogP contribution in [0.15, 0.2) is 72.8 Å². The quantitative estimate of drug-likeness (QED) is 0.405. The zero-order valence-corrected chi connectivity index (χ0v) is 20.9. The molecule has 4 rings (SSSR count). The highest BCUT2D eigenvalue weighted by atomic mass is 19.1. The first-order chi connectivity index (χ1) is 17.2. The smallest absolute Gasteiger partial charge is 0.249 e. The molecule has 0 spiro atoms. The van der Waals surface area contributed by atoms with Crippen LogP contribution in [0.3, 0.4) is 0 Å². The van der Waals surface area contributed by atoms with E-state index in [0.717, 1.165) is 5.56 Å². The first kappa shape index (κ1) is 25.0. The summed E-state index contributed by atoms with van der Waals surface area (Å²) in [5, 5.41) is 11.2. The van der Waals surface area contributed by atoms with Crippen molar-refractivity contribution in [3.05, 3.63) is 89.7 Å². The van der Waals surface area contributed by atoms with E-state index in [1.807, 2.05) is 64.1 Å². The number of rotatable bonds is 7. The molecule has 0 unspecified atom stereocenters. The highest BCUT2D eigenvalue weighted by molar-refractivity contribution is 6.02. The zero-order valence-electron chi connectivity index (χ0n) is 20.9. The Morgan fingerprint density at radius 2 is 1.67 bits per heavy atom. The summed E-state index contributed by atoms with van der Waals surface area (Å²) in [5.41, 5.74) is 2.27. The molecule has 0 fully saturated rings. The number of para-hydroxylation sites is 2. The molecule has 1 aromatic heterocycles. The average molecular weight is 488 g/mol. The molecule has 8 heteroatoms. The molecule has 0 aliphatic heterocycles. The fourth-order valence-corrected chi connectivity index (χ4v) is 4.23. The molecule has 1 N–H and O–H groups in total. The largest absolute Gasteiger partial charge is 0.349 e. The highest BCUT2D eigenvalue weighted by Crippen LogP contribution is 2.33. The Morgan fingerprint density at radius 3 is 2.39 bits per heavy atom. The number of aryl methyl sites for hydroxylation is 1. The Balaban J connectivity index is 1.88. The minimum absolute atomic E-state index is 0.113. The molecule has 186 valence electrons. The molecule has 7 nitrogen and oxygen atoms in total. The minimum atomic E-state index is -1.24.